The van der Waals surface area contributed by atoms with Crippen molar-refractivity contribution in [1.29, 1.82) is 0 Å². The van der Waals surface area contributed by atoms with Crippen LogP contribution in [0.15, 0.2) is 0 Å². The Kier molecular flexibility index (Phi) is 3.95. The Morgan fingerprint density at radius 2 is 2.20 bits per heavy atom. The molecule has 3 nitrogen and oxygen atoms in total. The van der Waals surface area contributed by atoms with Gasteiger partial charge in [-0.15, -0.1) is 0 Å². The molecular weight excluding hydrogens is 150 g/mol. The molecule has 0 fully saturated rings. The monoisotopic (exact) mass is 161 g/mol. The second kappa shape index (κ2) is 4.22. The molecule has 0 aliphatic rings. The maximum Gasteiger partial charge on any atom is 0.414 e. The fraction of sp³-hybridized carbons (Fsp3) is 0.667. The van der Waals surface area contributed by atoms with Crippen LogP contribution in [0.5, 0.6) is 0 Å². The van der Waals surface area contributed by atoms with E-state index in [0.29, 0.717) is 11.6 Å². The lowest BCUT2D eigenvalue weighted by Crippen LogP contribution is -2.30. The molecule has 10 heavy (non-hydrogen) atoms. The van der Waals surface area contributed by atoms with Crippen LogP contribution in [0.25, 0.3) is 0 Å². The van der Waals surface area contributed by atoms with Crippen LogP contribution in [-0.2, 0) is 4.74 Å². The van der Waals surface area contributed by atoms with Crippen molar-refractivity contribution >= 4 is 23.3 Å². The highest BCUT2D eigenvalue weighted by Crippen LogP contribution is 1.91. The van der Waals surface area contributed by atoms with E-state index < -0.39 is 6.09 Å². The van der Waals surface area contributed by atoms with Crippen LogP contribution in [0.4, 0.5) is 4.79 Å². The molecule has 58 valence electrons. The van der Waals surface area contributed by atoms with Crippen molar-refractivity contribution in [1.82, 2.24) is 4.90 Å². The number of ether oxygens (including phenoxy) is 1. The second-order valence-electron chi connectivity index (χ2n) is 1.78. The molecule has 0 saturated heterocycles. The van der Waals surface area contributed by atoms with E-state index in [1.807, 2.05) is 0 Å². The first-order valence-corrected chi connectivity index (χ1v) is 3.41. The Bertz CT molecular complexity index is 147. The fourth-order valence-corrected chi connectivity index (χ4v) is 0.423. The first-order chi connectivity index (χ1) is 4.59. The molecule has 0 aromatic heterocycles. The first kappa shape index (κ1) is 9.36. The number of hydrogen-bond acceptors (Lipinski definition) is 3. The van der Waals surface area contributed by atoms with E-state index in [2.05, 4.69) is 4.74 Å². The average molecular weight is 161 g/mol. The lowest BCUT2D eigenvalue weighted by atomic mass is 10.6. The predicted octanol–water partition coefficient (Wildman–Crippen LogP) is 1.42. The molecular formula is C6H11NO2S. The molecule has 0 N–H and O–H groups in total. The van der Waals surface area contributed by atoms with E-state index in [9.17, 15) is 4.79 Å². The molecule has 0 heterocycles. The topological polar surface area (TPSA) is 29.5 Å². The van der Waals surface area contributed by atoms with Gasteiger partial charge < -0.3 is 4.74 Å². The normalized spacial score (nSPS) is 8.70. The maximum atomic E-state index is 10.8. The number of nitrogens with zero attached hydrogens (tertiary/aromatic N) is 1. The number of carbonyl (C=O) groups excluding carboxylic acids is 1. The van der Waals surface area contributed by atoms with Crippen molar-refractivity contribution < 1.29 is 9.53 Å². The predicted molar refractivity (Wildman–Crippen MR) is 43.1 cm³/mol. The minimum absolute atomic E-state index is 0.381. The molecule has 0 spiro atoms. The van der Waals surface area contributed by atoms with Gasteiger partial charge in [0.15, 0.2) is 0 Å². The summed E-state index contributed by atoms with van der Waals surface area (Å²) in [5, 5.41) is 0. The second-order valence-corrected chi connectivity index (χ2v) is 2.37. The lowest BCUT2D eigenvalue weighted by molar-refractivity contribution is 0.134. The van der Waals surface area contributed by atoms with Crippen LogP contribution >= 0.6 is 12.2 Å². The summed E-state index contributed by atoms with van der Waals surface area (Å²) in [5.74, 6) is 0. The third kappa shape index (κ3) is 2.77. The molecule has 0 unspecified atom stereocenters. The third-order valence-corrected chi connectivity index (χ3v) is 1.29. The Labute approximate surface area is 66.0 Å². The van der Waals surface area contributed by atoms with Gasteiger partial charge in [0.1, 0.15) is 0 Å². The highest BCUT2D eigenvalue weighted by atomic mass is 32.1. The average Bonchev–Trinajstić information content (AvgIpc) is 1.87. The van der Waals surface area contributed by atoms with Gasteiger partial charge in [0.25, 0.3) is 0 Å². The van der Waals surface area contributed by atoms with Gasteiger partial charge in [-0.2, -0.15) is 0 Å². The van der Waals surface area contributed by atoms with Gasteiger partial charge in [0.05, 0.1) is 11.6 Å². The van der Waals surface area contributed by atoms with Crippen LogP contribution in [0.2, 0.25) is 0 Å². The summed E-state index contributed by atoms with van der Waals surface area (Å²) in [4.78, 5) is 12.6. The Balaban J connectivity index is 3.82. The van der Waals surface area contributed by atoms with Crippen molar-refractivity contribution in [2.24, 2.45) is 0 Å². The summed E-state index contributed by atoms with van der Waals surface area (Å²) in [6.07, 6.45) is -0.394. The Morgan fingerprint density at radius 1 is 1.70 bits per heavy atom. The van der Waals surface area contributed by atoms with Crippen LogP contribution in [0.3, 0.4) is 0 Å². The molecule has 1 amide bonds. The van der Waals surface area contributed by atoms with Crippen molar-refractivity contribution in [3.8, 4) is 0 Å². The van der Waals surface area contributed by atoms with Gasteiger partial charge in [-0.05, 0) is 13.8 Å². The quantitative estimate of drug-likeness (QED) is 0.545. The highest BCUT2D eigenvalue weighted by Gasteiger charge is 2.09. The van der Waals surface area contributed by atoms with Crippen LogP contribution in [-0.4, -0.2) is 29.6 Å². The molecule has 0 aromatic rings. The number of thiocarbonyl (C=S) groups is 1. The summed E-state index contributed by atoms with van der Waals surface area (Å²) < 4.78 is 4.66. The molecule has 0 radical (unpaired) electrons. The first-order valence-electron chi connectivity index (χ1n) is 3.00. The molecule has 0 saturated carbocycles. The van der Waals surface area contributed by atoms with Crippen molar-refractivity contribution in [3.63, 3.8) is 0 Å². The molecule has 0 atom stereocenters. The van der Waals surface area contributed by atoms with E-state index >= 15 is 0 Å². The zero-order valence-corrected chi connectivity index (χ0v) is 7.20. The van der Waals surface area contributed by atoms with Crippen molar-refractivity contribution in [3.05, 3.63) is 0 Å². The van der Waals surface area contributed by atoms with E-state index in [-0.39, 0.29) is 0 Å². The standard InChI is InChI=1S/C6H11NO2S/c1-4-9-6(8)7(3)5(2)10/h4H2,1-3H3. The number of carbonyl (C=O) groups is 1. The SMILES string of the molecule is CCOC(=O)N(C)C(C)=S. The molecule has 0 aliphatic heterocycles. The van der Waals surface area contributed by atoms with Gasteiger partial charge in [0, 0.05) is 7.05 Å². The van der Waals surface area contributed by atoms with Crippen LogP contribution in [0, 0.1) is 0 Å². The Hall–Kier alpha value is -0.640. The van der Waals surface area contributed by atoms with Gasteiger partial charge in [-0.1, -0.05) is 12.2 Å². The molecule has 0 rings (SSSR count). The Morgan fingerprint density at radius 3 is 2.50 bits per heavy atom. The van der Waals surface area contributed by atoms with Crippen molar-refractivity contribution in [2.45, 2.75) is 13.8 Å². The summed E-state index contributed by atoms with van der Waals surface area (Å²) in [7, 11) is 1.58. The molecule has 4 heteroatoms. The zero-order chi connectivity index (χ0) is 8.15. The van der Waals surface area contributed by atoms with Gasteiger partial charge >= 0.3 is 6.09 Å². The summed E-state index contributed by atoms with van der Waals surface area (Å²) >= 11 is 4.73. The fourth-order valence-electron chi connectivity index (χ4n) is 0.349. The van der Waals surface area contributed by atoms with Crippen molar-refractivity contribution in [2.75, 3.05) is 13.7 Å². The number of hydrogen-bond donors (Lipinski definition) is 0. The number of amides is 1. The van der Waals surface area contributed by atoms with Gasteiger partial charge in [-0.3, -0.25) is 4.90 Å². The highest BCUT2D eigenvalue weighted by molar-refractivity contribution is 7.80. The summed E-state index contributed by atoms with van der Waals surface area (Å²) in [5.41, 5.74) is 0. The van der Waals surface area contributed by atoms with Gasteiger partial charge in [-0.25, -0.2) is 4.79 Å². The molecule has 0 aliphatic carbocycles. The smallest absolute Gasteiger partial charge is 0.414 e. The van der Waals surface area contributed by atoms with E-state index in [4.69, 9.17) is 12.2 Å². The van der Waals surface area contributed by atoms with Crippen LogP contribution in [0.1, 0.15) is 13.8 Å². The summed E-state index contributed by atoms with van der Waals surface area (Å²) in [6.45, 7) is 3.81. The lowest BCUT2D eigenvalue weighted by Gasteiger charge is -2.13. The molecule has 0 aromatic carbocycles. The van der Waals surface area contributed by atoms with Crippen LogP contribution < -0.4 is 0 Å². The van der Waals surface area contributed by atoms with E-state index in [1.54, 1.807) is 20.9 Å². The zero-order valence-electron chi connectivity index (χ0n) is 6.38. The minimum atomic E-state index is -0.394. The molecule has 0 bridgehead atoms. The van der Waals surface area contributed by atoms with Gasteiger partial charge in [0.2, 0.25) is 0 Å². The summed E-state index contributed by atoms with van der Waals surface area (Å²) in [6, 6.07) is 0. The van der Waals surface area contributed by atoms with E-state index in [0.717, 1.165) is 0 Å². The maximum absolute atomic E-state index is 10.8. The number of rotatable bonds is 1. The van der Waals surface area contributed by atoms with E-state index in [1.165, 1.54) is 4.90 Å². The minimum Gasteiger partial charge on any atom is -0.449 e. The third-order valence-electron chi connectivity index (χ3n) is 1.01. The largest absolute Gasteiger partial charge is 0.449 e.